The molecule has 0 aromatic heterocycles. The minimum Gasteiger partial charge on any atom is -0.465 e. The minimum absolute atomic E-state index is 0.00286. The molecule has 10 atom stereocenters. The molecule has 15 nitrogen and oxygen atoms in total. The summed E-state index contributed by atoms with van der Waals surface area (Å²) in [5, 5.41) is 12.6. The van der Waals surface area contributed by atoms with E-state index in [1.165, 1.54) is 20.3 Å². The van der Waals surface area contributed by atoms with E-state index in [2.05, 4.69) is 6.58 Å². The Labute approximate surface area is 392 Å². The van der Waals surface area contributed by atoms with Crippen molar-refractivity contribution >= 4 is 11.9 Å². The molecular weight excluding hydrogens is 865 g/mol. The standard InChI is InChI=1S/C52H62O15/c1-6-27-62-51(48(54)56-4)28-40(44(53)45(66-51)42(60-32-38-23-15-9-16-24-38)34-58-30-36-19-11-7-12-20-36)64-52(49(55)57-5)29-41-46(65-50(2,3)63-41)47(67-52)43(61-33-39-25-17-10-18-26-39)35-59-31-37-21-13-8-14-22-37/h6-26,40-47,53H,1,27-35H2,2-5H3/t40-,41-,42-,43-,44-,45-,46-,47-,51-,52-/m1/s1. The first-order valence-electron chi connectivity index (χ1n) is 22.5. The number of aliphatic hydroxyl groups is 1. The number of carbonyl (C=O) groups excluding carboxylic acids is 2. The maximum Gasteiger partial charge on any atom is 0.366 e. The molecule has 3 aliphatic heterocycles. The van der Waals surface area contributed by atoms with Gasteiger partial charge in [-0.25, -0.2) is 9.59 Å². The van der Waals surface area contributed by atoms with E-state index in [-0.39, 0.29) is 52.7 Å². The van der Waals surface area contributed by atoms with Crippen LogP contribution in [0.5, 0.6) is 0 Å². The van der Waals surface area contributed by atoms with E-state index >= 15 is 0 Å². The van der Waals surface area contributed by atoms with Gasteiger partial charge in [-0.2, -0.15) is 0 Å². The Morgan fingerprint density at radius 1 is 0.642 bits per heavy atom. The topological polar surface area (TPSA) is 165 Å². The van der Waals surface area contributed by atoms with E-state index in [4.69, 9.17) is 56.8 Å². The number of fused-ring (bicyclic) bond motifs is 1. The van der Waals surface area contributed by atoms with Crippen LogP contribution >= 0.6 is 0 Å². The molecule has 0 saturated carbocycles. The maximum atomic E-state index is 14.5. The number of methoxy groups -OCH3 is 2. The van der Waals surface area contributed by atoms with E-state index in [9.17, 15) is 14.7 Å². The zero-order chi connectivity index (χ0) is 47.3. The van der Waals surface area contributed by atoms with E-state index < -0.39 is 84.6 Å². The summed E-state index contributed by atoms with van der Waals surface area (Å²) in [5.74, 6) is -7.49. The number of benzene rings is 4. The van der Waals surface area contributed by atoms with Gasteiger partial charge in [-0.1, -0.05) is 127 Å². The van der Waals surface area contributed by atoms with Crippen LogP contribution in [0.3, 0.4) is 0 Å². The van der Waals surface area contributed by atoms with Crippen molar-refractivity contribution < 1.29 is 71.5 Å². The molecule has 360 valence electrons. The second-order valence-corrected chi connectivity index (χ2v) is 17.1. The van der Waals surface area contributed by atoms with E-state index in [0.29, 0.717) is 0 Å². The highest BCUT2D eigenvalue weighted by molar-refractivity contribution is 5.79. The third-order valence-corrected chi connectivity index (χ3v) is 11.8. The number of ether oxygens (including phenoxy) is 12. The highest BCUT2D eigenvalue weighted by atomic mass is 16.8. The fraction of sp³-hybridized carbons (Fsp3) is 0.462. The lowest BCUT2D eigenvalue weighted by molar-refractivity contribution is -0.372. The highest BCUT2D eigenvalue weighted by Crippen LogP contribution is 2.46. The largest absolute Gasteiger partial charge is 0.465 e. The number of hydrogen-bond acceptors (Lipinski definition) is 15. The number of aliphatic hydroxyl groups excluding tert-OH is 1. The molecule has 3 aliphatic rings. The Morgan fingerprint density at radius 3 is 1.57 bits per heavy atom. The Morgan fingerprint density at radius 2 is 1.09 bits per heavy atom. The van der Waals surface area contributed by atoms with Gasteiger partial charge in [-0.15, -0.1) is 6.58 Å². The van der Waals surface area contributed by atoms with Gasteiger partial charge in [0.05, 0.1) is 72.7 Å². The van der Waals surface area contributed by atoms with Crippen LogP contribution in [0.15, 0.2) is 134 Å². The molecule has 0 radical (unpaired) electrons. The van der Waals surface area contributed by atoms with E-state index in [1.54, 1.807) is 13.8 Å². The van der Waals surface area contributed by atoms with Crippen LogP contribution in [-0.4, -0.2) is 117 Å². The normalized spacial score (nSPS) is 27.6. The van der Waals surface area contributed by atoms with Crippen LogP contribution in [0.1, 0.15) is 48.9 Å². The lowest BCUT2D eigenvalue weighted by Crippen LogP contribution is -2.68. The molecule has 3 heterocycles. The van der Waals surface area contributed by atoms with Gasteiger partial charge >= 0.3 is 11.9 Å². The van der Waals surface area contributed by atoms with Crippen molar-refractivity contribution in [3.63, 3.8) is 0 Å². The average Bonchev–Trinajstić information content (AvgIpc) is 3.67. The van der Waals surface area contributed by atoms with Gasteiger partial charge in [-0.3, -0.25) is 0 Å². The van der Waals surface area contributed by atoms with Gasteiger partial charge in [-0.05, 0) is 36.1 Å². The molecule has 0 unspecified atom stereocenters. The molecule has 4 aromatic carbocycles. The molecule has 4 aromatic rings. The highest BCUT2D eigenvalue weighted by Gasteiger charge is 2.64. The van der Waals surface area contributed by atoms with Crippen LogP contribution in [0.25, 0.3) is 0 Å². The molecule has 3 fully saturated rings. The number of rotatable bonds is 23. The van der Waals surface area contributed by atoms with Crippen molar-refractivity contribution in [3.8, 4) is 0 Å². The fourth-order valence-electron chi connectivity index (χ4n) is 8.58. The van der Waals surface area contributed by atoms with Gasteiger partial charge in [0, 0.05) is 12.8 Å². The van der Waals surface area contributed by atoms with Crippen molar-refractivity contribution in [2.45, 2.75) is 119 Å². The number of hydrogen-bond donors (Lipinski definition) is 1. The Bertz CT molecular complexity index is 2140. The van der Waals surface area contributed by atoms with E-state index in [1.807, 2.05) is 121 Å². The molecule has 1 N–H and O–H groups in total. The summed E-state index contributed by atoms with van der Waals surface area (Å²) in [6, 6.07) is 38.2. The quantitative estimate of drug-likeness (QED) is 0.0644. The Hall–Kier alpha value is -4.88. The second-order valence-electron chi connectivity index (χ2n) is 17.1. The first kappa shape index (κ1) is 50.0. The maximum absolute atomic E-state index is 14.5. The van der Waals surface area contributed by atoms with Crippen LogP contribution in [0.4, 0.5) is 0 Å². The van der Waals surface area contributed by atoms with Crippen LogP contribution < -0.4 is 0 Å². The van der Waals surface area contributed by atoms with E-state index in [0.717, 1.165) is 22.3 Å². The molecule has 3 saturated heterocycles. The van der Waals surface area contributed by atoms with Gasteiger partial charge < -0.3 is 61.9 Å². The van der Waals surface area contributed by atoms with Crippen molar-refractivity contribution in [1.82, 2.24) is 0 Å². The number of esters is 2. The average molecular weight is 927 g/mol. The molecule has 7 rings (SSSR count). The molecule has 0 spiro atoms. The zero-order valence-electron chi connectivity index (χ0n) is 38.5. The predicted octanol–water partition coefficient (Wildman–Crippen LogP) is 6.38. The monoisotopic (exact) mass is 926 g/mol. The third-order valence-electron chi connectivity index (χ3n) is 11.8. The summed E-state index contributed by atoms with van der Waals surface area (Å²) in [6.07, 6.45) is -8.35. The van der Waals surface area contributed by atoms with Crippen molar-refractivity contribution in [1.29, 1.82) is 0 Å². The Kier molecular flexibility index (Phi) is 17.5. The Balaban J connectivity index is 1.25. The molecule has 15 heteroatoms. The lowest BCUT2D eigenvalue weighted by Gasteiger charge is -2.50. The molecule has 0 aliphatic carbocycles. The van der Waals surface area contributed by atoms with Gasteiger partial charge in [0.25, 0.3) is 11.6 Å². The van der Waals surface area contributed by atoms with Crippen molar-refractivity contribution in [2.24, 2.45) is 0 Å². The summed E-state index contributed by atoms with van der Waals surface area (Å²) in [5.41, 5.74) is 3.55. The first-order valence-corrected chi connectivity index (χ1v) is 22.5. The smallest absolute Gasteiger partial charge is 0.366 e. The summed E-state index contributed by atoms with van der Waals surface area (Å²) in [6.45, 7) is 7.73. The van der Waals surface area contributed by atoms with Crippen LogP contribution in [-0.2, 0) is 92.9 Å². The van der Waals surface area contributed by atoms with Crippen molar-refractivity contribution in [2.75, 3.05) is 34.0 Å². The van der Waals surface area contributed by atoms with Gasteiger partial charge in [0.15, 0.2) is 5.79 Å². The predicted molar refractivity (Wildman–Crippen MR) is 242 cm³/mol. The summed E-state index contributed by atoms with van der Waals surface area (Å²) in [7, 11) is 2.39. The summed E-state index contributed by atoms with van der Waals surface area (Å²) < 4.78 is 75.8. The third kappa shape index (κ3) is 12.8. The molecule has 0 amide bonds. The second kappa shape index (κ2) is 23.4. The molecule has 67 heavy (non-hydrogen) atoms. The minimum atomic E-state index is -2.30. The van der Waals surface area contributed by atoms with Crippen LogP contribution in [0, 0.1) is 0 Å². The number of carbonyl (C=O) groups is 2. The molecule has 0 bridgehead atoms. The van der Waals surface area contributed by atoms with Crippen LogP contribution in [0.2, 0.25) is 0 Å². The van der Waals surface area contributed by atoms with Gasteiger partial charge in [0.1, 0.15) is 36.6 Å². The molecular formula is C52H62O15. The SMILES string of the molecule is C=CCO[C@]1(C(=O)OC)C[C@@H](O[C@]2(C(=O)OC)C[C@H]3OC(C)(C)O[C@H]3[C@@H]([C@@H](COCc3ccccc3)OCc3ccccc3)O2)[C@@H](O)[C@@H]([C@@H](COCc2ccccc2)OCc2ccccc2)O1. The fourth-order valence-corrected chi connectivity index (χ4v) is 8.58. The van der Waals surface area contributed by atoms with Gasteiger partial charge in [0.2, 0.25) is 0 Å². The zero-order valence-corrected chi connectivity index (χ0v) is 38.5. The first-order chi connectivity index (χ1) is 32.5. The van der Waals surface area contributed by atoms with Crippen molar-refractivity contribution in [3.05, 3.63) is 156 Å². The lowest BCUT2D eigenvalue weighted by atomic mass is 9.89. The summed E-state index contributed by atoms with van der Waals surface area (Å²) in [4.78, 5) is 28.5. The summed E-state index contributed by atoms with van der Waals surface area (Å²) >= 11 is 0.